The number of anilines is 3. The predicted molar refractivity (Wildman–Crippen MR) is 192 cm³/mol. The van der Waals surface area contributed by atoms with E-state index in [4.69, 9.17) is 34.8 Å². The average molecular weight is 685 g/mol. The van der Waals surface area contributed by atoms with Crippen LogP contribution in [0.25, 0.3) is 0 Å². The number of hydrogen-bond acceptors (Lipinski definition) is 4. The molecular formula is C33H44Cl3N3O4S. The van der Waals surface area contributed by atoms with Crippen LogP contribution in [0.1, 0.15) is 82.9 Å². The van der Waals surface area contributed by atoms with Crippen molar-refractivity contribution in [1.29, 1.82) is 0 Å². The Kier molecular flexibility index (Phi) is 16.1. The Hall–Kier alpha value is -2.91. The second-order valence-electron chi connectivity index (χ2n) is 11.1. The van der Waals surface area contributed by atoms with Crippen LogP contribution in [0.4, 0.5) is 21.9 Å². The number of methoxy groups -OCH3 is 1. The topological polar surface area (TPSA) is 96.5 Å². The van der Waals surface area contributed by atoms with Gasteiger partial charge in [0.15, 0.2) is 0 Å². The molecule has 7 nitrogen and oxygen atoms in total. The molecule has 1 atom stereocenters. The number of ether oxygens (including phenoxy) is 1. The van der Waals surface area contributed by atoms with E-state index in [2.05, 4.69) is 53.7 Å². The average Bonchev–Trinajstić information content (AvgIpc) is 2.91. The Bertz CT molecular complexity index is 1520. The van der Waals surface area contributed by atoms with Crippen LogP contribution in [0.5, 0.6) is 0 Å². The summed E-state index contributed by atoms with van der Waals surface area (Å²) in [5.74, 6) is 4.47. The van der Waals surface area contributed by atoms with Crippen LogP contribution in [0.3, 0.4) is 0 Å². The van der Waals surface area contributed by atoms with Crippen LogP contribution in [0.2, 0.25) is 15.1 Å². The van der Waals surface area contributed by atoms with Gasteiger partial charge in [-0.25, -0.2) is 9.00 Å². The van der Waals surface area contributed by atoms with Gasteiger partial charge in [0.25, 0.3) is 0 Å². The molecule has 3 aromatic carbocycles. The first-order chi connectivity index (χ1) is 20.3. The van der Waals surface area contributed by atoms with Crippen molar-refractivity contribution in [1.82, 2.24) is 0 Å². The van der Waals surface area contributed by atoms with E-state index in [0.717, 1.165) is 33.8 Å². The molecule has 2 amide bonds. The molecule has 11 heteroatoms. The van der Waals surface area contributed by atoms with Crippen molar-refractivity contribution >= 4 is 79.4 Å². The maximum atomic E-state index is 11.6. The normalized spacial score (nSPS) is 11.9. The predicted octanol–water partition coefficient (Wildman–Crippen LogP) is 10.2. The van der Waals surface area contributed by atoms with Gasteiger partial charge >= 0.3 is 6.09 Å². The number of hydrogen-bond donors (Lipinski definition) is 3. The fourth-order valence-corrected chi connectivity index (χ4v) is 5.13. The van der Waals surface area contributed by atoms with Gasteiger partial charge in [-0.05, 0) is 94.9 Å². The van der Waals surface area contributed by atoms with Gasteiger partial charge in [-0.2, -0.15) is 0 Å². The lowest BCUT2D eigenvalue weighted by Gasteiger charge is -2.15. The first kappa shape index (κ1) is 39.1. The van der Waals surface area contributed by atoms with E-state index in [1.165, 1.54) is 14.0 Å². The number of rotatable bonds is 7. The summed E-state index contributed by atoms with van der Waals surface area (Å²) in [6.07, 6.45) is 1.10. The van der Waals surface area contributed by atoms with Crippen LogP contribution >= 0.6 is 34.8 Å². The van der Waals surface area contributed by atoms with Crippen molar-refractivity contribution in [2.45, 2.75) is 66.2 Å². The molecule has 3 aromatic rings. The van der Waals surface area contributed by atoms with E-state index in [-0.39, 0.29) is 11.8 Å². The van der Waals surface area contributed by atoms with Crippen molar-refractivity contribution in [3.05, 3.63) is 86.4 Å². The second kappa shape index (κ2) is 18.2. The fraction of sp³-hybridized carbons (Fsp3) is 0.364. The maximum Gasteiger partial charge on any atom is 0.411 e. The first-order valence-corrected chi connectivity index (χ1v) is 17.2. The zero-order chi connectivity index (χ0) is 33.8. The minimum Gasteiger partial charge on any atom is -0.453 e. The highest BCUT2D eigenvalue weighted by atomic mass is 35.5. The standard InChI is InChI=1S/C11H14ClNO2.C11H16ClNOS.C11H14ClNO/c1-7(2)9-6-8(12)4-5-10(9)13-11(14)15-3;1-8(2)10-7-9(12)5-6-11(10)13-15(3,4)14;1-7(2)10-6-9(12)4-5-11(10)13-8(3)14/h4-7H,1-3H3,(H,13,14);5-8H,3H2,1-2,4H3,(H,13,14);4-7H,1-3H3,(H,13,14). The molecule has 44 heavy (non-hydrogen) atoms. The molecule has 0 saturated carbocycles. The van der Waals surface area contributed by atoms with Gasteiger partial charge in [0.2, 0.25) is 5.91 Å². The summed E-state index contributed by atoms with van der Waals surface area (Å²) >= 11 is 17.7. The molecule has 0 aliphatic rings. The molecule has 0 aliphatic heterocycles. The Balaban J connectivity index is 0.000000330. The number of carbonyl (C=O) groups excluding carboxylic acids is 2. The fourth-order valence-electron chi connectivity index (χ4n) is 3.94. The van der Waals surface area contributed by atoms with Crippen LogP contribution in [-0.4, -0.2) is 35.4 Å². The second-order valence-corrected chi connectivity index (χ2v) is 14.6. The minimum absolute atomic E-state index is 0.0609. The van der Waals surface area contributed by atoms with Gasteiger partial charge in [-0.3, -0.25) is 10.1 Å². The number of amides is 2. The largest absolute Gasteiger partial charge is 0.453 e. The SMILES string of the molecule is C=S(C)(=O)Nc1ccc(Cl)cc1C(C)C.CC(=O)Nc1ccc(Cl)cc1C(C)C.COC(=O)Nc1ccc(Cl)cc1C(C)C. The van der Waals surface area contributed by atoms with Crippen LogP contribution in [0, 0.1) is 0 Å². The molecule has 0 saturated heterocycles. The van der Waals surface area contributed by atoms with E-state index >= 15 is 0 Å². The molecule has 0 aliphatic carbocycles. The van der Waals surface area contributed by atoms with Gasteiger partial charge < -0.3 is 14.8 Å². The number of benzene rings is 3. The summed E-state index contributed by atoms with van der Waals surface area (Å²) in [5, 5.41) is 7.48. The van der Waals surface area contributed by atoms with E-state index in [1.807, 2.05) is 44.2 Å². The zero-order valence-corrected chi connectivity index (χ0v) is 29.9. The van der Waals surface area contributed by atoms with Crippen LogP contribution < -0.4 is 15.4 Å². The molecule has 0 radical (unpaired) electrons. The van der Waals surface area contributed by atoms with Crippen molar-refractivity contribution in [2.75, 3.05) is 28.7 Å². The highest BCUT2D eigenvalue weighted by molar-refractivity contribution is 8.00. The third-order valence-corrected chi connectivity index (χ3v) is 7.32. The molecule has 3 rings (SSSR count). The highest BCUT2D eigenvalue weighted by Gasteiger charge is 2.11. The van der Waals surface area contributed by atoms with Crippen molar-refractivity contribution in [3.8, 4) is 0 Å². The van der Waals surface area contributed by atoms with E-state index in [0.29, 0.717) is 26.9 Å². The van der Waals surface area contributed by atoms with Gasteiger partial charge in [-0.1, -0.05) is 76.3 Å². The Morgan fingerprint density at radius 3 is 1.36 bits per heavy atom. The van der Waals surface area contributed by atoms with Crippen LogP contribution in [-0.2, 0) is 19.2 Å². The van der Waals surface area contributed by atoms with Crippen molar-refractivity contribution < 1.29 is 18.5 Å². The highest BCUT2D eigenvalue weighted by Crippen LogP contribution is 2.29. The van der Waals surface area contributed by atoms with Gasteiger partial charge in [-0.15, -0.1) is 0 Å². The van der Waals surface area contributed by atoms with E-state index in [9.17, 15) is 13.8 Å². The Labute approximate surface area is 278 Å². The van der Waals surface area contributed by atoms with Gasteiger partial charge in [0.1, 0.15) is 0 Å². The smallest absolute Gasteiger partial charge is 0.411 e. The van der Waals surface area contributed by atoms with E-state index in [1.54, 1.807) is 30.5 Å². The summed E-state index contributed by atoms with van der Waals surface area (Å²) in [4.78, 5) is 22.0. The molecule has 0 aromatic heterocycles. The molecule has 0 spiro atoms. The third-order valence-electron chi connectivity index (χ3n) is 5.97. The van der Waals surface area contributed by atoms with Gasteiger partial charge in [0, 0.05) is 55.0 Å². The monoisotopic (exact) mass is 683 g/mol. The van der Waals surface area contributed by atoms with Crippen molar-refractivity contribution in [2.24, 2.45) is 0 Å². The third kappa shape index (κ3) is 14.2. The lowest BCUT2D eigenvalue weighted by atomic mass is 10.0. The van der Waals surface area contributed by atoms with Crippen LogP contribution in [0.15, 0.2) is 54.6 Å². The maximum absolute atomic E-state index is 11.6. The first-order valence-electron chi connectivity index (χ1n) is 13.9. The molecule has 242 valence electrons. The summed E-state index contributed by atoms with van der Waals surface area (Å²) in [5.41, 5.74) is 5.54. The summed E-state index contributed by atoms with van der Waals surface area (Å²) < 4.78 is 19.0. The molecular weight excluding hydrogens is 641 g/mol. The Morgan fingerprint density at radius 2 is 1.05 bits per heavy atom. The lowest BCUT2D eigenvalue weighted by Crippen LogP contribution is -2.12. The molecule has 3 N–H and O–H groups in total. The molecule has 0 bridgehead atoms. The Morgan fingerprint density at radius 1 is 0.705 bits per heavy atom. The number of nitrogens with one attached hydrogen (secondary N) is 3. The summed E-state index contributed by atoms with van der Waals surface area (Å²) in [7, 11) is -0.905. The van der Waals surface area contributed by atoms with Gasteiger partial charge in [0.05, 0.1) is 7.11 Å². The van der Waals surface area contributed by atoms with Crippen molar-refractivity contribution in [3.63, 3.8) is 0 Å². The zero-order valence-electron chi connectivity index (χ0n) is 26.8. The van der Waals surface area contributed by atoms with E-state index < -0.39 is 15.8 Å². The summed E-state index contributed by atoms with van der Waals surface area (Å²) in [6.45, 7) is 13.8. The minimum atomic E-state index is -2.24. The molecule has 1 unspecified atom stereocenters. The summed E-state index contributed by atoms with van der Waals surface area (Å²) in [6, 6.07) is 16.4. The number of halogens is 3. The molecule has 0 heterocycles. The number of carbonyl (C=O) groups is 2. The quantitative estimate of drug-likeness (QED) is 0.216. The lowest BCUT2D eigenvalue weighted by molar-refractivity contribution is -0.114. The molecule has 0 fully saturated rings.